The Morgan fingerprint density at radius 3 is 3.05 bits per heavy atom. The normalized spacial score (nSPS) is 18.9. The minimum Gasteiger partial charge on any atom is -0.342 e. The quantitative estimate of drug-likeness (QED) is 0.871. The maximum Gasteiger partial charge on any atom is 0.225 e. The average Bonchev–Trinajstić information content (AvgIpc) is 3.18. The van der Waals surface area contributed by atoms with Gasteiger partial charge in [-0.05, 0) is 12.8 Å². The van der Waals surface area contributed by atoms with Crippen molar-refractivity contribution < 1.29 is 4.79 Å². The molecule has 2 aromatic heterocycles. The molecule has 0 aliphatic carbocycles. The SMILES string of the molecule is CC(C)C(=O)N1CCC[C@@H](c2nccn2Cc2cscn2)C1. The Labute approximate surface area is 135 Å². The first-order valence-corrected chi connectivity index (χ1v) is 8.76. The molecule has 0 radical (unpaired) electrons. The van der Waals surface area contributed by atoms with Gasteiger partial charge in [-0.3, -0.25) is 4.79 Å². The summed E-state index contributed by atoms with van der Waals surface area (Å²) >= 11 is 1.61. The van der Waals surface area contributed by atoms with Crippen LogP contribution in [0, 0.1) is 5.92 Å². The molecule has 0 bridgehead atoms. The Morgan fingerprint density at radius 1 is 1.45 bits per heavy atom. The molecule has 1 saturated heterocycles. The zero-order valence-corrected chi connectivity index (χ0v) is 13.9. The first kappa shape index (κ1) is 15.2. The van der Waals surface area contributed by atoms with Gasteiger partial charge in [-0.2, -0.15) is 0 Å². The average molecular weight is 318 g/mol. The first-order valence-electron chi connectivity index (χ1n) is 7.82. The predicted molar refractivity (Wildman–Crippen MR) is 86.8 cm³/mol. The third-order valence-electron chi connectivity index (χ3n) is 4.16. The van der Waals surface area contributed by atoms with E-state index in [4.69, 9.17) is 0 Å². The van der Waals surface area contributed by atoms with E-state index in [1.54, 1.807) is 11.3 Å². The fraction of sp³-hybridized carbons (Fsp3) is 0.562. The van der Waals surface area contributed by atoms with Gasteiger partial charge in [0.05, 0.1) is 17.7 Å². The number of hydrogen-bond donors (Lipinski definition) is 0. The number of aromatic nitrogens is 3. The van der Waals surface area contributed by atoms with Gasteiger partial charge < -0.3 is 9.47 Å². The Balaban J connectivity index is 1.74. The summed E-state index contributed by atoms with van der Waals surface area (Å²) in [6.07, 6.45) is 6.01. The molecule has 0 spiro atoms. The third-order valence-corrected chi connectivity index (χ3v) is 4.79. The number of nitrogens with zero attached hydrogens (tertiary/aromatic N) is 4. The second kappa shape index (κ2) is 6.60. The number of thiazole rings is 1. The number of carbonyl (C=O) groups is 1. The summed E-state index contributed by atoms with van der Waals surface area (Å²) < 4.78 is 2.17. The predicted octanol–water partition coefficient (Wildman–Crippen LogP) is 2.75. The van der Waals surface area contributed by atoms with Crippen molar-refractivity contribution in [3.8, 4) is 0 Å². The Kier molecular flexibility index (Phi) is 4.57. The van der Waals surface area contributed by atoms with Crippen molar-refractivity contribution in [2.75, 3.05) is 13.1 Å². The summed E-state index contributed by atoms with van der Waals surface area (Å²) in [6, 6.07) is 0. The molecule has 1 fully saturated rings. The first-order chi connectivity index (χ1) is 10.6. The van der Waals surface area contributed by atoms with E-state index in [-0.39, 0.29) is 11.8 Å². The van der Waals surface area contributed by atoms with Crippen LogP contribution < -0.4 is 0 Å². The molecular formula is C16H22N4OS. The highest BCUT2D eigenvalue weighted by Gasteiger charge is 2.28. The topological polar surface area (TPSA) is 51.0 Å². The van der Waals surface area contributed by atoms with Gasteiger partial charge in [-0.25, -0.2) is 9.97 Å². The number of likely N-dealkylation sites (tertiary alicyclic amines) is 1. The smallest absolute Gasteiger partial charge is 0.225 e. The van der Waals surface area contributed by atoms with Gasteiger partial charge in [0.1, 0.15) is 5.82 Å². The Morgan fingerprint density at radius 2 is 2.32 bits per heavy atom. The standard InChI is InChI=1S/C16H22N4OS/c1-12(2)16(21)20-6-3-4-13(8-20)15-17-5-7-19(15)9-14-10-22-11-18-14/h5,7,10-13H,3-4,6,8-9H2,1-2H3/t13-/m1/s1. The summed E-state index contributed by atoms with van der Waals surface area (Å²) in [5.74, 6) is 1.72. The lowest BCUT2D eigenvalue weighted by molar-refractivity contribution is -0.135. The third kappa shape index (κ3) is 3.21. The van der Waals surface area contributed by atoms with Crippen molar-refractivity contribution in [2.45, 2.75) is 39.2 Å². The monoisotopic (exact) mass is 318 g/mol. The van der Waals surface area contributed by atoms with E-state index in [0.29, 0.717) is 5.92 Å². The zero-order chi connectivity index (χ0) is 15.5. The van der Waals surface area contributed by atoms with Crippen molar-refractivity contribution in [2.24, 2.45) is 5.92 Å². The second-order valence-electron chi connectivity index (χ2n) is 6.17. The fourth-order valence-electron chi connectivity index (χ4n) is 3.06. The molecule has 1 aliphatic rings. The number of hydrogen-bond acceptors (Lipinski definition) is 4. The van der Waals surface area contributed by atoms with E-state index in [2.05, 4.69) is 19.9 Å². The molecule has 3 rings (SSSR count). The van der Waals surface area contributed by atoms with Crippen molar-refractivity contribution in [3.63, 3.8) is 0 Å². The Hall–Kier alpha value is -1.69. The van der Waals surface area contributed by atoms with E-state index in [1.807, 2.05) is 36.7 Å². The molecule has 118 valence electrons. The van der Waals surface area contributed by atoms with Gasteiger partial charge >= 0.3 is 0 Å². The molecule has 0 N–H and O–H groups in total. The zero-order valence-electron chi connectivity index (χ0n) is 13.1. The lowest BCUT2D eigenvalue weighted by Crippen LogP contribution is -2.41. The Bertz CT molecular complexity index is 620. The summed E-state index contributed by atoms with van der Waals surface area (Å²) in [5, 5.41) is 2.07. The highest BCUT2D eigenvalue weighted by molar-refractivity contribution is 7.07. The van der Waals surface area contributed by atoms with Crippen LogP contribution in [0.1, 0.15) is 44.1 Å². The minimum absolute atomic E-state index is 0.0634. The lowest BCUT2D eigenvalue weighted by atomic mass is 9.96. The van der Waals surface area contributed by atoms with Gasteiger partial charge in [0.25, 0.3) is 0 Å². The van der Waals surface area contributed by atoms with Crippen LogP contribution in [0.4, 0.5) is 0 Å². The molecule has 0 aromatic carbocycles. The minimum atomic E-state index is 0.0634. The highest BCUT2D eigenvalue weighted by Crippen LogP contribution is 2.27. The molecule has 1 amide bonds. The van der Waals surface area contributed by atoms with Gasteiger partial charge in [-0.15, -0.1) is 11.3 Å². The van der Waals surface area contributed by atoms with Crippen LogP contribution in [0.15, 0.2) is 23.3 Å². The van der Waals surface area contributed by atoms with Crippen LogP contribution in [0.3, 0.4) is 0 Å². The second-order valence-corrected chi connectivity index (χ2v) is 6.89. The molecule has 1 aliphatic heterocycles. The van der Waals surface area contributed by atoms with Crippen LogP contribution in [-0.4, -0.2) is 38.4 Å². The molecule has 0 unspecified atom stereocenters. The van der Waals surface area contributed by atoms with Crippen LogP contribution in [0.25, 0.3) is 0 Å². The van der Waals surface area contributed by atoms with E-state index in [0.717, 1.165) is 44.0 Å². The van der Waals surface area contributed by atoms with Crippen molar-refractivity contribution >= 4 is 17.2 Å². The van der Waals surface area contributed by atoms with Gasteiger partial charge in [0.15, 0.2) is 0 Å². The molecule has 22 heavy (non-hydrogen) atoms. The number of carbonyl (C=O) groups excluding carboxylic acids is 1. The summed E-state index contributed by atoms with van der Waals surface area (Å²) in [7, 11) is 0. The van der Waals surface area contributed by atoms with Crippen LogP contribution in [0.2, 0.25) is 0 Å². The van der Waals surface area contributed by atoms with E-state index in [9.17, 15) is 4.79 Å². The number of amides is 1. The van der Waals surface area contributed by atoms with E-state index < -0.39 is 0 Å². The summed E-state index contributed by atoms with van der Waals surface area (Å²) in [6.45, 7) is 6.35. The molecule has 2 aromatic rings. The number of rotatable bonds is 4. The van der Waals surface area contributed by atoms with E-state index in [1.165, 1.54) is 0 Å². The molecule has 6 heteroatoms. The van der Waals surface area contributed by atoms with Crippen molar-refractivity contribution in [1.82, 2.24) is 19.4 Å². The van der Waals surface area contributed by atoms with Gasteiger partial charge in [0.2, 0.25) is 5.91 Å². The number of imidazole rings is 1. The summed E-state index contributed by atoms with van der Waals surface area (Å²) in [5.41, 5.74) is 2.92. The van der Waals surface area contributed by atoms with Gasteiger partial charge in [0, 0.05) is 42.7 Å². The lowest BCUT2D eigenvalue weighted by Gasteiger charge is -2.33. The largest absolute Gasteiger partial charge is 0.342 e. The van der Waals surface area contributed by atoms with Crippen LogP contribution in [0.5, 0.6) is 0 Å². The van der Waals surface area contributed by atoms with Crippen molar-refractivity contribution in [3.05, 3.63) is 34.8 Å². The molecule has 1 atom stereocenters. The van der Waals surface area contributed by atoms with Crippen LogP contribution >= 0.6 is 11.3 Å². The summed E-state index contributed by atoms with van der Waals surface area (Å²) in [4.78, 5) is 23.2. The molecule has 0 saturated carbocycles. The van der Waals surface area contributed by atoms with Gasteiger partial charge in [-0.1, -0.05) is 13.8 Å². The maximum absolute atomic E-state index is 12.2. The highest BCUT2D eigenvalue weighted by atomic mass is 32.1. The van der Waals surface area contributed by atoms with E-state index >= 15 is 0 Å². The van der Waals surface area contributed by atoms with Crippen LogP contribution in [-0.2, 0) is 11.3 Å². The fourth-order valence-corrected chi connectivity index (χ4v) is 3.61. The number of piperidine rings is 1. The van der Waals surface area contributed by atoms with Crippen molar-refractivity contribution in [1.29, 1.82) is 0 Å². The molecular weight excluding hydrogens is 296 g/mol. The maximum atomic E-state index is 12.2. The molecule has 5 nitrogen and oxygen atoms in total. The molecule has 3 heterocycles.